The standard InChI is InChI=1S/C8H6ClN/c9-7-5-10-8-4-2-1-3-6(7)8/h1-5,10H/i4D. The SMILES string of the molecule is [2H]c1cccc2c(Cl)c[nH]c12. The van der Waals surface area contributed by atoms with Gasteiger partial charge in [-0.3, -0.25) is 0 Å². The molecule has 10 heavy (non-hydrogen) atoms. The summed E-state index contributed by atoms with van der Waals surface area (Å²) < 4.78 is 7.49. The number of para-hydroxylation sites is 1. The summed E-state index contributed by atoms with van der Waals surface area (Å²) >= 11 is 5.83. The fourth-order valence-corrected chi connectivity index (χ4v) is 1.18. The van der Waals surface area contributed by atoms with Crippen molar-refractivity contribution in [2.45, 2.75) is 0 Å². The van der Waals surface area contributed by atoms with Gasteiger partial charge in [0, 0.05) is 17.1 Å². The summed E-state index contributed by atoms with van der Waals surface area (Å²) in [5, 5.41) is 1.59. The van der Waals surface area contributed by atoms with Crippen molar-refractivity contribution in [1.82, 2.24) is 4.98 Å². The van der Waals surface area contributed by atoms with Crippen molar-refractivity contribution < 1.29 is 1.37 Å². The third kappa shape index (κ3) is 0.711. The van der Waals surface area contributed by atoms with Gasteiger partial charge in [-0.15, -0.1) is 0 Å². The van der Waals surface area contributed by atoms with Crippen molar-refractivity contribution in [2.75, 3.05) is 0 Å². The van der Waals surface area contributed by atoms with E-state index >= 15 is 0 Å². The highest BCUT2D eigenvalue weighted by atomic mass is 35.5. The Morgan fingerprint density at radius 2 is 2.40 bits per heavy atom. The molecule has 1 N–H and O–H groups in total. The van der Waals surface area contributed by atoms with Gasteiger partial charge in [-0.25, -0.2) is 0 Å². The highest BCUT2D eigenvalue weighted by Crippen LogP contribution is 2.21. The number of nitrogens with one attached hydrogen (secondary N) is 1. The summed E-state index contributed by atoms with van der Waals surface area (Å²) in [4.78, 5) is 2.94. The Kier molecular flexibility index (Phi) is 0.974. The van der Waals surface area contributed by atoms with Gasteiger partial charge < -0.3 is 4.98 Å². The van der Waals surface area contributed by atoms with Gasteiger partial charge in [-0.1, -0.05) is 29.8 Å². The van der Waals surface area contributed by atoms with E-state index in [9.17, 15) is 0 Å². The first-order chi connectivity index (χ1) is 5.29. The van der Waals surface area contributed by atoms with Crippen molar-refractivity contribution in [3.05, 3.63) is 35.5 Å². The topological polar surface area (TPSA) is 15.8 Å². The van der Waals surface area contributed by atoms with Crippen LogP contribution in [0.1, 0.15) is 1.37 Å². The fraction of sp³-hybridized carbons (Fsp3) is 0. The van der Waals surface area contributed by atoms with Crippen LogP contribution in [0.25, 0.3) is 10.9 Å². The number of rotatable bonds is 0. The first kappa shape index (κ1) is 4.80. The molecule has 0 unspecified atom stereocenters. The molecule has 0 atom stereocenters. The molecule has 50 valence electrons. The average Bonchev–Trinajstić information content (AvgIpc) is 2.35. The third-order valence-electron chi connectivity index (χ3n) is 1.46. The summed E-state index contributed by atoms with van der Waals surface area (Å²) in [7, 11) is 0. The molecule has 0 fully saturated rings. The number of aromatic nitrogens is 1. The Hall–Kier alpha value is -0.950. The van der Waals surface area contributed by atoms with Crippen LogP contribution >= 0.6 is 11.6 Å². The van der Waals surface area contributed by atoms with E-state index in [4.69, 9.17) is 13.0 Å². The Morgan fingerprint density at radius 1 is 1.50 bits per heavy atom. The van der Waals surface area contributed by atoms with E-state index in [-0.39, 0.29) is 0 Å². The third-order valence-corrected chi connectivity index (χ3v) is 1.77. The summed E-state index contributed by atoms with van der Waals surface area (Å²) in [6.45, 7) is 0. The van der Waals surface area contributed by atoms with Crippen molar-refractivity contribution in [2.24, 2.45) is 0 Å². The van der Waals surface area contributed by atoms with Crippen LogP contribution in [0.3, 0.4) is 0 Å². The maximum atomic E-state index is 7.49. The van der Waals surface area contributed by atoms with Gasteiger partial charge in [0.2, 0.25) is 0 Å². The quantitative estimate of drug-likeness (QED) is 0.598. The summed E-state index contributed by atoms with van der Waals surface area (Å²) in [6.07, 6.45) is 1.70. The lowest BCUT2D eigenvalue weighted by atomic mass is 10.3. The molecule has 2 aromatic rings. The van der Waals surface area contributed by atoms with Crippen molar-refractivity contribution in [1.29, 1.82) is 0 Å². The van der Waals surface area contributed by atoms with Gasteiger partial charge in [0.25, 0.3) is 0 Å². The Labute approximate surface area is 65.0 Å². The van der Waals surface area contributed by atoms with Crippen LogP contribution in [-0.4, -0.2) is 4.98 Å². The zero-order chi connectivity index (χ0) is 7.84. The van der Waals surface area contributed by atoms with Crippen LogP contribution in [0.4, 0.5) is 0 Å². The summed E-state index contributed by atoms with van der Waals surface area (Å²) in [5.74, 6) is 0. The molecule has 0 bridgehead atoms. The Morgan fingerprint density at radius 3 is 3.20 bits per heavy atom. The molecule has 2 heteroatoms. The minimum absolute atomic E-state index is 0.481. The first-order valence-corrected chi connectivity index (χ1v) is 3.39. The van der Waals surface area contributed by atoms with Crippen LogP contribution in [-0.2, 0) is 0 Å². The lowest BCUT2D eigenvalue weighted by molar-refractivity contribution is 1.48. The smallest absolute Gasteiger partial charge is 0.0659 e. The zero-order valence-corrected chi connectivity index (χ0v) is 5.94. The second-order valence-corrected chi connectivity index (χ2v) is 2.50. The van der Waals surface area contributed by atoms with Crippen LogP contribution in [0, 0.1) is 0 Å². The number of benzene rings is 1. The van der Waals surface area contributed by atoms with Gasteiger partial charge in [0.05, 0.1) is 6.39 Å². The second-order valence-electron chi connectivity index (χ2n) is 2.10. The van der Waals surface area contributed by atoms with E-state index in [2.05, 4.69) is 4.98 Å². The van der Waals surface area contributed by atoms with E-state index in [1.807, 2.05) is 12.1 Å². The maximum Gasteiger partial charge on any atom is 0.0659 e. The molecule has 0 saturated carbocycles. The number of fused-ring (bicyclic) bond motifs is 1. The molecule has 0 aliphatic carbocycles. The minimum atomic E-state index is 0.481. The van der Waals surface area contributed by atoms with Gasteiger partial charge in [0.15, 0.2) is 0 Å². The van der Waals surface area contributed by atoms with Gasteiger partial charge in [-0.05, 0) is 6.04 Å². The van der Waals surface area contributed by atoms with Crippen molar-refractivity contribution in [3.8, 4) is 0 Å². The molecular formula is C8H6ClN. The number of hydrogen-bond acceptors (Lipinski definition) is 0. The maximum absolute atomic E-state index is 7.49. The predicted molar refractivity (Wildman–Crippen MR) is 43.3 cm³/mol. The molecule has 0 spiro atoms. The summed E-state index contributed by atoms with van der Waals surface area (Å²) in [5.41, 5.74) is 0.803. The van der Waals surface area contributed by atoms with Crippen molar-refractivity contribution in [3.63, 3.8) is 0 Å². The molecule has 1 aromatic heterocycles. The Bertz CT molecular complexity index is 394. The molecule has 0 aliphatic rings. The predicted octanol–water partition coefficient (Wildman–Crippen LogP) is 2.82. The molecular weight excluding hydrogens is 146 g/mol. The van der Waals surface area contributed by atoms with E-state index < -0.39 is 0 Å². The van der Waals surface area contributed by atoms with Crippen LogP contribution in [0.2, 0.25) is 5.02 Å². The molecule has 0 amide bonds. The van der Waals surface area contributed by atoms with E-state index in [1.165, 1.54) is 0 Å². The number of aromatic amines is 1. The Balaban J connectivity index is 2.94. The average molecular weight is 153 g/mol. The number of halogens is 1. The molecule has 0 radical (unpaired) electrons. The van der Waals surface area contributed by atoms with Gasteiger partial charge >= 0.3 is 0 Å². The highest BCUT2D eigenvalue weighted by Gasteiger charge is 1.96. The van der Waals surface area contributed by atoms with Crippen LogP contribution in [0.15, 0.2) is 30.4 Å². The zero-order valence-electron chi connectivity index (χ0n) is 6.19. The largest absolute Gasteiger partial charge is 0.360 e. The fourth-order valence-electron chi connectivity index (χ4n) is 0.969. The lowest BCUT2D eigenvalue weighted by Crippen LogP contribution is -1.62. The van der Waals surface area contributed by atoms with Crippen LogP contribution < -0.4 is 0 Å². The van der Waals surface area contributed by atoms with E-state index in [0.29, 0.717) is 11.1 Å². The number of hydrogen-bond donors (Lipinski definition) is 1. The normalized spacial score (nSPS) is 11.9. The van der Waals surface area contributed by atoms with Gasteiger partial charge in [0.1, 0.15) is 0 Å². The minimum Gasteiger partial charge on any atom is -0.360 e. The monoisotopic (exact) mass is 152 g/mol. The van der Waals surface area contributed by atoms with Gasteiger partial charge in [-0.2, -0.15) is 0 Å². The summed E-state index contributed by atoms with van der Waals surface area (Å²) in [6, 6.07) is 5.93. The molecule has 1 aromatic carbocycles. The van der Waals surface area contributed by atoms with Crippen LogP contribution in [0.5, 0.6) is 0 Å². The van der Waals surface area contributed by atoms with Crippen molar-refractivity contribution >= 4 is 22.5 Å². The molecule has 0 saturated heterocycles. The molecule has 1 heterocycles. The number of H-pyrrole nitrogens is 1. The van der Waals surface area contributed by atoms with E-state index in [1.54, 1.807) is 12.3 Å². The highest BCUT2D eigenvalue weighted by molar-refractivity contribution is 6.35. The van der Waals surface area contributed by atoms with E-state index in [0.717, 1.165) is 10.9 Å². The first-order valence-electron chi connectivity index (χ1n) is 3.51. The molecule has 0 aliphatic heterocycles. The molecule has 2 rings (SSSR count). The molecule has 1 nitrogen and oxygen atoms in total. The lowest BCUT2D eigenvalue weighted by Gasteiger charge is -1.85. The second kappa shape index (κ2) is 2.03.